The summed E-state index contributed by atoms with van der Waals surface area (Å²) in [5, 5.41) is 0.643. The van der Waals surface area contributed by atoms with Gasteiger partial charge in [-0.15, -0.1) is 22.9 Å². The molecule has 0 radical (unpaired) electrons. The number of hydrogen-bond donors (Lipinski definition) is 1. The van der Waals surface area contributed by atoms with Crippen molar-refractivity contribution >= 4 is 28.1 Å². The summed E-state index contributed by atoms with van der Waals surface area (Å²) in [6.07, 6.45) is 3.81. The molecule has 0 saturated heterocycles. The number of nitrogens with two attached hydrogens (primary N) is 1. The molecule has 1 aromatic rings. The molecule has 0 amide bonds. The van der Waals surface area contributed by atoms with E-state index in [-0.39, 0.29) is 0 Å². The first-order valence-electron chi connectivity index (χ1n) is 3.09. The Labute approximate surface area is 69.0 Å². The first-order valence-corrected chi connectivity index (χ1v) is 4.44. The summed E-state index contributed by atoms with van der Waals surface area (Å²) in [6, 6.07) is 0. The van der Waals surface area contributed by atoms with Crippen molar-refractivity contribution in [2.24, 2.45) is 0 Å². The topological polar surface area (TPSA) is 38.9 Å². The van der Waals surface area contributed by atoms with Crippen molar-refractivity contribution in [1.82, 2.24) is 4.98 Å². The van der Waals surface area contributed by atoms with E-state index in [0.29, 0.717) is 11.0 Å². The summed E-state index contributed by atoms with van der Waals surface area (Å²) in [5.74, 6) is 0.706. The number of halogens is 1. The van der Waals surface area contributed by atoms with Gasteiger partial charge in [-0.3, -0.25) is 0 Å². The number of nitrogen functional groups attached to an aromatic ring is 1. The minimum Gasteiger partial charge on any atom is -0.375 e. The quantitative estimate of drug-likeness (QED) is 0.715. The first-order chi connectivity index (χ1) is 4.83. The van der Waals surface area contributed by atoms with E-state index in [4.69, 9.17) is 17.3 Å². The van der Waals surface area contributed by atoms with Gasteiger partial charge >= 0.3 is 0 Å². The Morgan fingerprint density at radius 2 is 2.50 bits per heavy atom. The van der Waals surface area contributed by atoms with E-state index in [9.17, 15) is 0 Å². The second-order valence-electron chi connectivity index (χ2n) is 1.96. The van der Waals surface area contributed by atoms with Crippen molar-refractivity contribution in [2.75, 3.05) is 11.6 Å². The summed E-state index contributed by atoms with van der Waals surface area (Å²) in [4.78, 5) is 5.14. The molecule has 1 heterocycles. The zero-order valence-corrected chi connectivity index (χ0v) is 7.08. The average Bonchev–Trinajstić information content (AvgIpc) is 2.31. The molecule has 0 aliphatic rings. The van der Waals surface area contributed by atoms with Gasteiger partial charge in [0.15, 0.2) is 5.13 Å². The highest BCUT2D eigenvalue weighted by Crippen LogP contribution is 2.15. The van der Waals surface area contributed by atoms with Gasteiger partial charge in [-0.25, -0.2) is 4.98 Å². The maximum Gasteiger partial charge on any atom is 0.180 e. The third-order valence-corrected chi connectivity index (χ3v) is 2.28. The Bertz CT molecular complexity index is 199. The predicted octanol–water partition coefficient (Wildman–Crippen LogP) is 1.90. The summed E-state index contributed by atoms with van der Waals surface area (Å²) in [6.45, 7) is 0. The number of anilines is 1. The van der Waals surface area contributed by atoms with Crippen molar-refractivity contribution in [3.8, 4) is 0 Å². The van der Waals surface area contributed by atoms with Crippen molar-refractivity contribution in [3.05, 3.63) is 11.1 Å². The van der Waals surface area contributed by atoms with Gasteiger partial charge in [0.25, 0.3) is 0 Å². The van der Waals surface area contributed by atoms with E-state index in [1.807, 2.05) is 6.20 Å². The Balaban J connectivity index is 2.42. The summed E-state index contributed by atoms with van der Waals surface area (Å²) < 4.78 is 0. The highest BCUT2D eigenvalue weighted by atomic mass is 35.5. The summed E-state index contributed by atoms with van der Waals surface area (Å²) in [5.41, 5.74) is 5.42. The molecule has 2 N–H and O–H groups in total. The van der Waals surface area contributed by atoms with Crippen molar-refractivity contribution < 1.29 is 0 Å². The molecule has 0 aliphatic heterocycles. The molecule has 0 aromatic carbocycles. The minimum atomic E-state index is 0.643. The van der Waals surface area contributed by atoms with Crippen molar-refractivity contribution in [3.63, 3.8) is 0 Å². The van der Waals surface area contributed by atoms with Crippen LogP contribution in [-0.2, 0) is 6.42 Å². The van der Waals surface area contributed by atoms with Crippen LogP contribution in [0.5, 0.6) is 0 Å². The molecule has 4 heteroatoms. The van der Waals surface area contributed by atoms with Gasteiger partial charge < -0.3 is 5.73 Å². The van der Waals surface area contributed by atoms with E-state index in [2.05, 4.69) is 4.98 Å². The lowest BCUT2D eigenvalue weighted by Gasteiger charge is -1.88. The van der Waals surface area contributed by atoms with Crippen LogP contribution in [0.4, 0.5) is 5.13 Å². The molecular formula is C6H9ClN2S. The van der Waals surface area contributed by atoms with Gasteiger partial charge in [-0.1, -0.05) is 0 Å². The molecule has 0 bridgehead atoms. The Morgan fingerprint density at radius 1 is 1.70 bits per heavy atom. The zero-order chi connectivity index (χ0) is 7.40. The summed E-state index contributed by atoms with van der Waals surface area (Å²) in [7, 11) is 0. The average molecular weight is 177 g/mol. The van der Waals surface area contributed by atoms with Crippen LogP contribution in [-0.4, -0.2) is 10.9 Å². The van der Waals surface area contributed by atoms with Gasteiger partial charge in [-0.2, -0.15) is 0 Å². The second-order valence-corrected chi connectivity index (χ2v) is 3.48. The number of aryl methyl sites for hydroxylation is 1. The van der Waals surface area contributed by atoms with Crippen LogP contribution in [0.3, 0.4) is 0 Å². The minimum absolute atomic E-state index is 0.643. The molecule has 0 aliphatic carbocycles. The van der Waals surface area contributed by atoms with Crippen LogP contribution in [0.15, 0.2) is 6.20 Å². The fourth-order valence-corrected chi connectivity index (χ4v) is 1.54. The molecule has 0 unspecified atom stereocenters. The standard InChI is InChI=1S/C6H9ClN2S/c7-3-1-2-5-4-9-6(8)10-5/h4H,1-3H2,(H2,8,9). The highest BCUT2D eigenvalue weighted by Gasteiger charge is 1.96. The Hall–Kier alpha value is -0.280. The molecular weight excluding hydrogens is 168 g/mol. The summed E-state index contributed by atoms with van der Waals surface area (Å²) >= 11 is 7.05. The zero-order valence-electron chi connectivity index (χ0n) is 5.51. The van der Waals surface area contributed by atoms with E-state index in [1.54, 1.807) is 0 Å². The van der Waals surface area contributed by atoms with Crippen molar-refractivity contribution in [2.45, 2.75) is 12.8 Å². The van der Waals surface area contributed by atoms with Crippen molar-refractivity contribution in [1.29, 1.82) is 0 Å². The van der Waals surface area contributed by atoms with Crippen LogP contribution in [0.1, 0.15) is 11.3 Å². The van der Waals surface area contributed by atoms with Crippen LogP contribution in [0.2, 0.25) is 0 Å². The Morgan fingerprint density at radius 3 is 3.00 bits per heavy atom. The Kier molecular flexibility index (Phi) is 2.96. The largest absolute Gasteiger partial charge is 0.375 e. The van der Waals surface area contributed by atoms with Gasteiger partial charge in [0.05, 0.1) is 0 Å². The highest BCUT2D eigenvalue weighted by molar-refractivity contribution is 7.15. The number of rotatable bonds is 3. The molecule has 1 aromatic heterocycles. The van der Waals surface area contributed by atoms with E-state index < -0.39 is 0 Å². The fourth-order valence-electron chi connectivity index (χ4n) is 0.679. The third-order valence-electron chi connectivity index (χ3n) is 1.13. The lowest BCUT2D eigenvalue weighted by atomic mass is 10.3. The van der Waals surface area contributed by atoms with E-state index >= 15 is 0 Å². The third kappa shape index (κ3) is 2.15. The first kappa shape index (κ1) is 7.82. The number of hydrogen-bond acceptors (Lipinski definition) is 3. The smallest absolute Gasteiger partial charge is 0.180 e. The SMILES string of the molecule is Nc1ncc(CCCCl)s1. The molecule has 2 nitrogen and oxygen atoms in total. The lowest BCUT2D eigenvalue weighted by Crippen LogP contribution is -1.79. The number of alkyl halides is 1. The molecule has 0 fully saturated rings. The normalized spacial score (nSPS) is 10.1. The fraction of sp³-hybridized carbons (Fsp3) is 0.500. The van der Waals surface area contributed by atoms with Gasteiger partial charge in [0.2, 0.25) is 0 Å². The monoisotopic (exact) mass is 176 g/mol. The molecule has 56 valence electrons. The molecule has 0 atom stereocenters. The van der Waals surface area contributed by atoms with E-state index in [0.717, 1.165) is 12.8 Å². The molecule has 1 rings (SSSR count). The predicted molar refractivity (Wildman–Crippen MR) is 45.6 cm³/mol. The lowest BCUT2D eigenvalue weighted by molar-refractivity contribution is 0.943. The van der Waals surface area contributed by atoms with E-state index in [1.165, 1.54) is 16.2 Å². The van der Waals surface area contributed by atoms with Gasteiger partial charge in [0, 0.05) is 17.0 Å². The van der Waals surface area contributed by atoms with Gasteiger partial charge in [-0.05, 0) is 12.8 Å². The number of nitrogens with zero attached hydrogens (tertiary/aromatic N) is 1. The maximum atomic E-state index is 5.51. The molecule has 10 heavy (non-hydrogen) atoms. The van der Waals surface area contributed by atoms with Crippen LogP contribution in [0, 0.1) is 0 Å². The second kappa shape index (κ2) is 3.78. The maximum absolute atomic E-state index is 5.51. The molecule has 0 spiro atoms. The van der Waals surface area contributed by atoms with Gasteiger partial charge in [0.1, 0.15) is 0 Å². The van der Waals surface area contributed by atoms with Crippen LogP contribution < -0.4 is 5.73 Å². The van der Waals surface area contributed by atoms with Crippen LogP contribution in [0.25, 0.3) is 0 Å². The number of aromatic nitrogens is 1. The molecule has 0 saturated carbocycles. The number of thiazole rings is 1. The van der Waals surface area contributed by atoms with Crippen LogP contribution >= 0.6 is 22.9 Å².